The van der Waals surface area contributed by atoms with Gasteiger partial charge in [-0.2, -0.15) is 0 Å². The molecule has 0 amide bonds. The number of fused-ring (bicyclic) bond motifs is 1. The summed E-state index contributed by atoms with van der Waals surface area (Å²) in [5.74, 6) is 0.105. The highest BCUT2D eigenvalue weighted by Crippen LogP contribution is 2.35. The van der Waals surface area contributed by atoms with Gasteiger partial charge in [-0.3, -0.25) is 4.79 Å². The van der Waals surface area contributed by atoms with Gasteiger partial charge in [-0.25, -0.2) is 9.97 Å². The zero-order valence-corrected chi connectivity index (χ0v) is 11.6. The largest absolute Gasteiger partial charge is 0.481 e. The molecular weight excluding hydrogens is 254 g/mol. The average Bonchev–Trinajstić information content (AvgIpc) is 2.82. The Kier molecular flexibility index (Phi) is 2.85. The van der Waals surface area contributed by atoms with Crippen LogP contribution in [-0.4, -0.2) is 34.1 Å². The number of nitrogens with zero attached hydrogens (tertiary/aromatic N) is 3. The number of carboxylic acids is 1. The maximum atomic E-state index is 11.4. The van der Waals surface area contributed by atoms with Gasteiger partial charge in [0.05, 0.1) is 10.9 Å². The highest BCUT2D eigenvalue weighted by Gasteiger charge is 2.41. The fourth-order valence-corrected chi connectivity index (χ4v) is 2.82. The molecule has 0 bridgehead atoms. The minimum absolute atomic E-state index is 0.489. The summed E-state index contributed by atoms with van der Waals surface area (Å²) in [6.07, 6.45) is 2.19. The lowest BCUT2D eigenvalue weighted by atomic mass is 9.90. The van der Waals surface area contributed by atoms with Gasteiger partial charge < -0.3 is 10.0 Å². The third-order valence-electron chi connectivity index (χ3n) is 4.14. The molecule has 1 aromatic carbocycles. The van der Waals surface area contributed by atoms with Crippen molar-refractivity contribution in [2.45, 2.75) is 20.3 Å². The molecule has 1 unspecified atom stereocenters. The monoisotopic (exact) mass is 271 g/mol. The van der Waals surface area contributed by atoms with Gasteiger partial charge in [-0.15, -0.1) is 0 Å². The molecular formula is C15H17N3O2. The highest BCUT2D eigenvalue weighted by atomic mass is 16.4. The van der Waals surface area contributed by atoms with Crippen LogP contribution in [0.5, 0.6) is 0 Å². The van der Waals surface area contributed by atoms with Crippen molar-refractivity contribution < 1.29 is 9.90 Å². The first kappa shape index (κ1) is 12.8. The predicted molar refractivity (Wildman–Crippen MR) is 76.8 cm³/mol. The predicted octanol–water partition coefficient (Wildman–Crippen LogP) is 2.24. The summed E-state index contributed by atoms with van der Waals surface area (Å²) in [5, 5.41) is 10.4. The Labute approximate surface area is 117 Å². The first-order valence-electron chi connectivity index (χ1n) is 6.70. The van der Waals surface area contributed by atoms with Crippen molar-refractivity contribution in [1.29, 1.82) is 0 Å². The van der Waals surface area contributed by atoms with E-state index >= 15 is 0 Å². The van der Waals surface area contributed by atoms with E-state index in [1.165, 1.54) is 0 Å². The number of carbonyl (C=O) groups is 1. The molecule has 104 valence electrons. The van der Waals surface area contributed by atoms with Gasteiger partial charge in [0.15, 0.2) is 0 Å². The van der Waals surface area contributed by atoms with Gasteiger partial charge in [0, 0.05) is 18.5 Å². The van der Waals surface area contributed by atoms with Crippen LogP contribution in [-0.2, 0) is 4.79 Å². The molecule has 2 aromatic rings. The van der Waals surface area contributed by atoms with E-state index in [1.807, 2.05) is 25.1 Å². The van der Waals surface area contributed by atoms with Gasteiger partial charge in [0.25, 0.3) is 0 Å². The first-order chi connectivity index (χ1) is 9.51. The van der Waals surface area contributed by atoms with E-state index in [0.29, 0.717) is 19.5 Å². The Morgan fingerprint density at radius 1 is 1.40 bits per heavy atom. The van der Waals surface area contributed by atoms with Crippen LogP contribution < -0.4 is 4.90 Å². The molecule has 0 saturated carbocycles. The highest BCUT2D eigenvalue weighted by molar-refractivity contribution is 5.92. The third-order valence-corrected chi connectivity index (χ3v) is 4.14. The van der Waals surface area contributed by atoms with Crippen molar-refractivity contribution in [3.63, 3.8) is 0 Å². The number of aryl methyl sites for hydroxylation is 1. The number of hydrogen-bond donors (Lipinski definition) is 1. The number of aliphatic carboxylic acids is 1. The fraction of sp³-hybridized carbons (Fsp3) is 0.400. The Balaban J connectivity index is 2.06. The number of aromatic nitrogens is 2. The Morgan fingerprint density at radius 2 is 2.20 bits per heavy atom. The molecule has 1 fully saturated rings. The molecule has 0 spiro atoms. The van der Waals surface area contributed by atoms with Gasteiger partial charge in [0.2, 0.25) is 0 Å². The second-order valence-electron chi connectivity index (χ2n) is 5.70. The summed E-state index contributed by atoms with van der Waals surface area (Å²) in [4.78, 5) is 22.1. The van der Waals surface area contributed by atoms with E-state index in [1.54, 1.807) is 13.3 Å². The molecule has 1 aliphatic rings. The summed E-state index contributed by atoms with van der Waals surface area (Å²) < 4.78 is 0. The summed E-state index contributed by atoms with van der Waals surface area (Å²) in [6.45, 7) is 5.03. The Hall–Kier alpha value is -2.17. The summed E-state index contributed by atoms with van der Waals surface area (Å²) in [6, 6.07) is 5.96. The van der Waals surface area contributed by atoms with Crippen molar-refractivity contribution in [3.8, 4) is 0 Å². The standard InChI is InChI=1S/C15H17N3O2/c1-10-4-3-5-11-12(10)13(17-9-16-11)18-7-6-15(2,8-18)14(19)20/h3-5,9H,6-8H2,1-2H3,(H,19,20). The van der Waals surface area contributed by atoms with Crippen LogP contribution in [0.3, 0.4) is 0 Å². The normalized spacial score (nSPS) is 22.4. The summed E-state index contributed by atoms with van der Waals surface area (Å²) in [5.41, 5.74) is 1.32. The molecule has 1 saturated heterocycles. The molecule has 1 atom stereocenters. The van der Waals surface area contributed by atoms with E-state index in [2.05, 4.69) is 14.9 Å². The second-order valence-corrected chi connectivity index (χ2v) is 5.70. The number of hydrogen-bond acceptors (Lipinski definition) is 4. The fourth-order valence-electron chi connectivity index (χ4n) is 2.82. The van der Waals surface area contributed by atoms with Gasteiger partial charge in [-0.1, -0.05) is 12.1 Å². The topological polar surface area (TPSA) is 66.3 Å². The number of rotatable bonds is 2. The van der Waals surface area contributed by atoms with Crippen molar-refractivity contribution in [2.75, 3.05) is 18.0 Å². The van der Waals surface area contributed by atoms with Gasteiger partial charge in [-0.05, 0) is 31.9 Å². The molecule has 0 radical (unpaired) electrons. The molecule has 3 rings (SSSR count). The smallest absolute Gasteiger partial charge is 0.311 e. The molecule has 2 heterocycles. The second kappa shape index (κ2) is 4.44. The van der Waals surface area contributed by atoms with Crippen molar-refractivity contribution in [2.24, 2.45) is 5.41 Å². The molecule has 1 N–H and O–H groups in total. The lowest BCUT2D eigenvalue weighted by Crippen LogP contribution is -2.32. The molecule has 5 heteroatoms. The van der Waals surface area contributed by atoms with Crippen LogP contribution in [0.25, 0.3) is 10.9 Å². The minimum atomic E-state index is -0.741. The zero-order chi connectivity index (χ0) is 14.3. The number of benzene rings is 1. The van der Waals surface area contributed by atoms with Crippen molar-refractivity contribution >= 4 is 22.7 Å². The van der Waals surface area contributed by atoms with Gasteiger partial charge >= 0.3 is 5.97 Å². The van der Waals surface area contributed by atoms with Crippen LogP contribution in [0.15, 0.2) is 24.5 Å². The third kappa shape index (κ3) is 1.90. The van der Waals surface area contributed by atoms with Crippen LogP contribution in [0.2, 0.25) is 0 Å². The van der Waals surface area contributed by atoms with Crippen molar-refractivity contribution in [1.82, 2.24) is 9.97 Å². The quantitative estimate of drug-likeness (QED) is 0.907. The van der Waals surface area contributed by atoms with Crippen LogP contribution in [0.4, 0.5) is 5.82 Å². The summed E-state index contributed by atoms with van der Waals surface area (Å²) in [7, 11) is 0. The van der Waals surface area contributed by atoms with Crippen LogP contribution in [0, 0.1) is 12.3 Å². The van der Waals surface area contributed by atoms with E-state index < -0.39 is 11.4 Å². The molecule has 1 aromatic heterocycles. The lowest BCUT2D eigenvalue weighted by molar-refractivity contribution is -0.146. The van der Waals surface area contributed by atoms with E-state index in [-0.39, 0.29) is 0 Å². The first-order valence-corrected chi connectivity index (χ1v) is 6.70. The molecule has 1 aliphatic heterocycles. The SMILES string of the molecule is Cc1cccc2ncnc(N3CCC(C)(C(=O)O)C3)c12. The molecule has 5 nitrogen and oxygen atoms in total. The van der Waals surface area contributed by atoms with Crippen LogP contribution in [0.1, 0.15) is 18.9 Å². The maximum absolute atomic E-state index is 11.4. The number of carboxylic acid groups (broad SMARTS) is 1. The number of anilines is 1. The summed E-state index contributed by atoms with van der Waals surface area (Å²) >= 11 is 0. The van der Waals surface area contributed by atoms with Crippen molar-refractivity contribution in [3.05, 3.63) is 30.1 Å². The maximum Gasteiger partial charge on any atom is 0.311 e. The van der Waals surface area contributed by atoms with E-state index in [0.717, 1.165) is 22.3 Å². The van der Waals surface area contributed by atoms with Gasteiger partial charge in [0.1, 0.15) is 12.1 Å². The minimum Gasteiger partial charge on any atom is -0.481 e. The van der Waals surface area contributed by atoms with Crippen LogP contribution >= 0.6 is 0 Å². The molecule has 20 heavy (non-hydrogen) atoms. The van der Waals surface area contributed by atoms with E-state index in [4.69, 9.17) is 0 Å². The van der Waals surface area contributed by atoms with E-state index in [9.17, 15) is 9.90 Å². The molecule has 0 aliphatic carbocycles. The average molecular weight is 271 g/mol. The Morgan fingerprint density at radius 3 is 2.90 bits per heavy atom. The zero-order valence-electron chi connectivity index (χ0n) is 11.6. The Bertz CT molecular complexity index is 681. The lowest BCUT2D eigenvalue weighted by Gasteiger charge is -2.22.